The van der Waals surface area contributed by atoms with E-state index in [4.69, 9.17) is 4.74 Å². The number of hydrogen-bond acceptors (Lipinski definition) is 4. The van der Waals surface area contributed by atoms with Gasteiger partial charge in [0, 0.05) is 20.2 Å². The second-order valence-electron chi connectivity index (χ2n) is 4.23. The van der Waals surface area contributed by atoms with Crippen LogP contribution in [0.3, 0.4) is 0 Å². The average Bonchev–Trinajstić information content (AvgIpc) is 2.85. The molecule has 0 saturated carbocycles. The highest BCUT2D eigenvalue weighted by molar-refractivity contribution is 5.82. The van der Waals surface area contributed by atoms with E-state index in [0.29, 0.717) is 13.1 Å². The second-order valence-corrected chi connectivity index (χ2v) is 4.23. The number of amides is 1. The molecule has 0 radical (unpaired) electrons. The summed E-state index contributed by atoms with van der Waals surface area (Å²) < 4.78 is 5.10. The fourth-order valence-corrected chi connectivity index (χ4v) is 2.28. The smallest absolute Gasteiger partial charge is 0.239 e. The van der Waals surface area contributed by atoms with E-state index in [1.165, 1.54) is 0 Å². The van der Waals surface area contributed by atoms with Gasteiger partial charge in [0.2, 0.25) is 5.91 Å². The van der Waals surface area contributed by atoms with Gasteiger partial charge in [0.05, 0.1) is 12.1 Å². The van der Waals surface area contributed by atoms with E-state index in [2.05, 4.69) is 5.32 Å². The van der Waals surface area contributed by atoms with E-state index in [1.54, 1.807) is 12.0 Å². The van der Waals surface area contributed by atoms with Gasteiger partial charge in [-0.2, -0.15) is 0 Å². The Hall–Kier alpha value is -0.650. The van der Waals surface area contributed by atoms with Crippen molar-refractivity contribution >= 4 is 5.91 Å². The van der Waals surface area contributed by atoms with Gasteiger partial charge < -0.3 is 20.1 Å². The van der Waals surface area contributed by atoms with Gasteiger partial charge in [-0.25, -0.2) is 0 Å². The molecule has 5 nitrogen and oxygen atoms in total. The van der Waals surface area contributed by atoms with Crippen LogP contribution < -0.4 is 5.32 Å². The SMILES string of the molecule is CO[C@@H]1CN(C(=O)[C@@H]2CCCN2)C[C@H]1O. The van der Waals surface area contributed by atoms with Crippen molar-refractivity contribution in [2.45, 2.75) is 31.1 Å². The number of β-amino-alcohol motifs (C(OH)–C–C–N with tert-alkyl or cyclic N) is 1. The second kappa shape index (κ2) is 4.47. The monoisotopic (exact) mass is 214 g/mol. The molecule has 0 aromatic rings. The van der Waals surface area contributed by atoms with Crippen molar-refractivity contribution in [2.75, 3.05) is 26.7 Å². The largest absolute Gasteiger partial charge is 0.388 e. The lowest BCUT2D eigenvalue weighted by Crippen LogP contribution is -2.43. The van der Waals surface area contributed by atoms with Crippen LogP contribution in [0, 0.1) is 0 Å². The number of carbonyl (C=O) groups is 1. The van der Waals surface area contributed by atoms with E-state index in [1.807, 2.05) is 0 Å². The number of aliphatic hydroxyl groups is 1. The standard InChI is InChI=1S/C10H18N2O3/c1-15-9-6-12(5-8(9)13)10(14)7-3-2-4-11-7/h7-9,11,13H,2-6H2,1H3/t7-,8+,9+/m0/s1. The number of nitrogens with one attached hydrogen (secondary N) is 1. The van der Waals surface area contributed by atoms with E-state index in [9.17, 15) is 9.90 Å². The summed E-state index contributed by atoms with van der Waals surface area (Å²) in [5.41, 5.74) is 0. The number of aliphatic hydroxyl groups excluding tert-OH is 1. The normalized spacial score (nSPS) is 36.1. The summed E-state index contributed by atoms with van der Waals surface area (Å²) in [6, 6.07) is -0.0483. The fourth-order valence-electron chi connectivity index (χ4n) is 2.28. The molecule has 2 aliphatic heterocycles. The van der Waals surface area contributed by atoms with E-state index in [-0.39, 0.29) is 18.1 Å². The van der Waals surface area contributed by atoms with Gasteiger partial charge in [-0.3, -0.25) is 4.79 Å². The predicted molar refractivity (Wildman–Crippen MR) is 54.4 cm³/mol. The summed E-state index contributed by atoms with van der Waals surface area (Å²) in [6.07, 6.45) is 1.19. The quantitative estimate of drug-likeness (QED) is 0.616. The van der Waals surface area contributed by atoms with Gasteiger partial charge >= 0.3 is 0 Å². The molecule has 3 atom stereocenters. The highest BCUT2D eigenvalue weighted by Gasteiger charge is 2.37. The Kier molecular flexibility index (Phi) is 3.23. The van der Waals surface area contributed by atoms with E-state index >= 15 is 0 Å². The summed E-state index contributed by atoms with van der Waals surface area (Å²) in [5.74, 6) is 0.103. The van der Waals surface area contributed by atoms with Crippen LogP contribution in [0.5, 0.6) is 0 Å². The third kappa shape index (κ3) is 2.14. The van der Waals surface area contributed by atoms with Crippen LogP contribution in [-0.2, 0) is 9.53 Å². The number of nitrogens with zero attached hydrogens (tertiary/aromatic N) is 1. The first-order valence-corrected chi connectivity index (χ1v) is 5.45. The highest BCUT2D eigenvalue weighted by Crippen LogP contribution is 2.16. The van der Waals surface area contributed by atoms with Crippen LogP contribution in [0.4, 0.5) is 0 Å². The summed E-state index contributed by atoms with van der Waals surface area (Å²) in [5, 5.41) is 12.8. The minimum absolute atomic E-state index is 0.0483. The third-order valence-electron chi connectivity index (χ3n) is 3.21. The Morgan fingerprint density at radius 1 is 1.53 bits per heavy atom. The molecule has 2 fully saturated rings. The molecule has 0 unspecified atom stereocenters. The lowest BCUT2D eigenvalue weighted by molar-refractivity contribution is -0.132. The van der Waals surface area contributed by atoms with Crippen molar-refractivity contribution < 1.29 is 14.6 Å². The van der Waals surface area contributed by atoms with Gasteiger partial charge in [-0.05, 0) is 19.4 Å². The first kappa shape index (κ1) is 10.9. The van der Waals surface area contributed by atoms with Crippen molar-refractivity contribution in [3.63, 3.8) is 0 Å². The van der Waals surface area contributed by atoms with Crippen molar-refractivity contribution in [1.82, 2.24) is 10.2 Å². The lowest BCUT2D eigenvalue weighted by atomic mass is 10.2. The maximum Gasteiger partial charge on any atom is 0.239 e. The summed E-state index contributed by atoms with van der Waals surface area (Å²) in [4.78, 5) is 13.6. The van der Waals surface area contributed by atoms with Crippen LogP contribution in [0.2, 0.25) is 0 Å². The molecule has 15 heavy (non-hydrogen) atoms. The van der Waals surface area contributed by atoms with Gasteiger partial charge in [0.25, 0.3) is 0 Å². The molecule has 86 valence electrons. The fraction of sp³-hybridized carbons (Fsp3) is 0.900. The molecule has 2 saturated heterocycles. The Bertz CT molecular complexity index is 241. The Morgan fingerprint density at radius 2 is 2.33 bits per heavy atom. The van der Waals surface area contributed by atoms with Crippen molar-refractivity contribution in [3.8, 4) is 0 Å². The Labute approximate surface area is 89.4 Å². The number of likely N-dealkylation sites (tertiary alicyclic amines) is 1. The number of ether oxygens (including phenoxy) is 1. The minimum Gasteiger partial charge on any atom is -0.388 e. The zero-order valence-electron chi connectivity index (χ0n) is 8.98. The van der Waals surface area contributed by atoms with E-state index in [0.717, 1.165) is 19.4 Å². The number of carbonyl (C=O) groups excluding carboxylic acids is 1. The lowest BCUT2D eigenvalue weighted by Gasteiger charge is -2.19. The maximum atomic E-state index is 12.0. The van der Waals surface area contributed by atoms with Crippen LogP contribution in [0.25, 0.3) is 0 Å². The molecule has 2 rings (SSSR count). The maximum absolute atomic E-state index is 12.0. The zero-order valence-corrected chi connectivity index (χ0v) is 8.98. The number of methoxy groups -OCH3 is 1. The molecule has 5 heteroatoms. The van der Waals surface area contributed by atoms with Gasteiger partial charge in [0.15, 0.2) is 0 Å². The molecule has 0 aliphatic carbocycles. The minimum atomic E-state index is -0.541. The molecule has 0 aromatic heterocycles. The molecule has 1 amide bonds. The van der Waals surface area contributed by atoms with Crippen LogP contribution >= 0.6 is 0 Å². The molecule has 0 spiro atoms. The number of rotatable bonds is 2. The topological polar surface area (TPSA) is 61.8 Å². The van der Waals surface area contributed by atoms with Gasteiger partial charge in [0.1, 0.15) is 6.10 Å². The molecule has 2 aliphatic rings. The summed E-state index contributed by atoms with van der Waals surface area (Å²) >= 11 is 0. The molecule has 0 aromatic carbocycles. The molecular formula is C10H18N2O3. The first-order chi connectivity index (χ1) is 7.22. The van der Waals surface area contributed by atoms with E-state index < -0.39 is 6.10 Å². The molecule has 2 heterocycles. The van der Waals surface area contributed by atoms with Crippen LogP contribution in [0.15, 0.2) is 0 Å². The van der Waals surface area contributed by atoms with Gasteiger partial charge in [-0.15, -0.1) is 0 Å². The molecule has 0 bridgehead atoms. The number of hydrogen-bond donors (Lipinski definition) is 2. The van der Waals surface area contributed by atoms with Crippen molar-refractivity contribution in [3.05, 3.63) is 0 Å². The van der Waals surface area contributed by atoms with Crippen LogP contribution in [-0.4, -0.2) is 60.9 Å². The Balaban J connectivity index is 1.91. The zero-order chi connectivity index (χ0) is 10.8. The third-order valence-corrected chi connectivity index (χ3v) is 3.21. The first-order valence-electron chi connectivity index (χ1n) is 5.45. The predicted octanol–water partition coefficient (Wildman–Crippen LogP) is -1.04. The highest BCUT2D eigenvalue weighted by atomic mass is 16.5. The average molecular weight is 214 g/mol. The van der Waals surface area contributed by atoms with Crippen LogP contribution in [0.1, 0.15) is 12.8 Å². The summed E-state index contributed by atoms with van der Waals surface area (Å²) in [7, 11) is 1.57. The Morgan fingerprint density at radius 3 is 2.87 bits per heavy atom. The summed E-state index contributed by atoms with van der Waals surface area (Å²) in [6.45, 7) is 1.82. The van der Waals surface area contributed by atoms with Crippen molar-refractivity contribution in [1.29, 1.82) is 0 Å². The molecular weight excluding hydrogens is 196 g/mol. The van der Waals surface area contributed by atoms with Crippen molar-refractivity contribution in [2.24, 2.45) is 0 Å². The van der Waals surface area contributed by atoms with Gasteiger partial charge in [-0.1, -0.05) is 0 Å². The molecule has 2 N–H and O–H groups in total.